The van der Waals surface area contributed by atoms with E-state index < -0.39 is 10.0 Å². The molecule has 1 N–H and O–H groups in total. The van der Waals surface area contributed by atoms with Gasteiger partial charge in [0.1, 0.15) is 10.6 Å². The Morgan fingerprint density at radius 1 is 1.08 bits per heavy atom. The summed E-state index contributed by atoms with van der Waals surface area (Å²) in [5.74, 6) is 0.273. The van der Waals surface area contributed by atoms with Crippen LogP contribution in [0.3, 0.4) is 0 Å². The molecule has 2 aromatic rings. The fourth-order valence-corrected chi connectivity index (χ4v) is 4.91. The van der Waals surface area contributed by atoms with Crippen molar-refractivity contribution in [2.45, 2.75) is 43.5 Å². The number of methoxy groups -OCH3 is 1. The van der Waals surface area contributed by atoms with E-state index in [-0.39, 0.29) is 16.7 Å². The Balaban J connectivity index is 1.87. The Labute approximate surface area is 154 Å². The van der Waals surface area contributed by atoms with Crippen molar-refractivity contribution in [3.05, 3.63) is 58.1 Å². The van der Waals surface area contributed by atoms with Crippen molar-refractivity contribution in [2.75, 3.05) is 7.11 Å². The van der Waals surface area contributed by atoms with Crippen LogP contribution in [0.2, 0.25) is 5.02 Å². The fourth-order valence-electron chi connectivity index (χ4n) is 3.25. The van der Waals surface area contributed by atoms with E-state index in [1.54, 1.807) is 12.1 Å². The molecular weight excluding hydrogens is 358 g/mol. The number of hydrogen-bond acceptors (Lipinski definition) is 3. The minimum absolute atomic E-state index is 0.0484. The van der Waals surface area contributed by atoms with E-state index >= 15 is 0 Å². The van der Waals surface area contributed by atoms with Crippen molar-refractivity contribution in [3.63, 3.8) is 0 Å². The van der Waals surface area contributed by atoms with E-state index in [2.05, 4.69) is 16.9 Å². The lowest BCUT2D eigenvalue weighted by atomic mass is 9.89. The molecular formula is C19H22ClNO3S. The second-order valence-electron chi connectivity index (χ2n) is 6.37. The monoisotopic (exact) mass is 379 g/mol. The maximum atomic E-state index is 12.8. The maximum absolute atomic E-state index is 12.8. The third kappa shape index (κ3) is 4.00. The van der Waals surface area contributed by atoms with Crippen molar-refractivity contribution < 1.29 is 13.2 Å². The number of nitrogens with one attached hydrogen (secondary N) is 1. The summed E-state index contributed by atoms with van der Waals surface area (Å²) >= 11 is 5.97. The van der Waals surface area contributed by atoms with Gasteiger partial charge in [-0.25, -0.2) is 13.1 Å². The number of ether oxygens (including phenoxy) is 1. The minimum Gasteiger partial charge on any atom is -0.495 e. The molecule has 1 aliphatic carbocycles. The van der Waals surface area contributed by atoms with Gasteiger partial charge >= 0.3 is 0 Å². The summed E-state index contributed by atoms with van der Waals surface area (Å²) in [6.45, 7) is 1.85. The molecule has 6 heteroatoms. The number of hydrogen-bond donors (Lipinski definition) is 1. The highest BCUT2D eigenvalue weighted by Crippen LogP contribution is 2.29. The Morgan fingerprint density at radius 2 is 1.80 bits per heavy atom. The molecule has 1 aliphatic rings. The first kappa shape index (κ1) is 18.2. The molecule has 0 spiro atoms. The van der Waals surface area contributed by atoms with Crippen molar-refractivity contribution in [2.24, 2.45) is 0 Å². The van der Waals surface area contributed by atoms with Gasteiger partial charge in [-0.2, -0.15) is 0 Å². The zero-order valence-electron chi connectivity index (χ0n) is 14.4. The normalized spacial score (nSPS) is 15.5. The van der Waals surface area contributed by atoms with E-state index in [9.17, 15) is 8.42 Å². The highest BCUT2D eigenvalue weighted by atomic mass is 35.5. The minimum atomic E-state index is -3.75. The van der Waals surface area contributed by atoms with Crippen LogP contribution in [0.4, 0.5) is 0 Å². The predicted octanol–water partition coefficient (Wildman–Crippen LogP) is 4.27. The highest BCUT2D eigenvalue weighted by Gasteiger charge is 2.23. The first-order valence-corrected chi connectivity index (χ1v) is 10.2. The zero-order valence-corrected chi connectivity index (χ0v) is 16.0. The molecule has 4 nitrogen and oxygen atoms in total. The molecule has 0 heterocycles. The molecule has 0 amide bonds. The second-order valence-corrected chi connectivity index (χ2v) is 8.49. The lowest BCUT2D eigenvalue weighted by Gasteiger charge is -2.20. The van der Waals surface area contributed by atoms with E-state index in [0.29, 0.717) is 5.02 Å². The molecule has 0 fully saturated rings. The topological polar surface area (TPSA) is 55.4 Å². The van der Waals surface area contributed by atoms with Gasteiger partial charge in [-0.05, 0) is 67.5 Å². The molecule has 25 heavy (non-hydrogen) atoms. The van der Waals surface area contributed by atoms with Gasteiger partial charge in [-0.3, -0.25) is 0 Å². The first-order valence-electron chi connectivity index (χ1n) is 8.38. The highest BCUT2D eigenvalue weighted by molar-refractivity contribution is 7.89. The van der Waals surface area contributed by atoms with Gasteiger partial charge in [0.2, 0.25) is 10.0 Å². The van der Waals surface area contributed by atoms with Crippen LogP contribution in [-0.4, -0.2) is 15.5 Å². The quantitative estimate of drug-likeness (QED) is 0.844. The third-order valence-electron chi connectivity index (χ3n) is 4.62. The van der Waals surface area contributed by atoms with Gasteiger partial charge < -0.3 is 4.74 Å². The number of benzene rings is 2. The predicted molar refractivity (Wildman–Crippen MR) is 99.8 cm³/mol. The van der Waals surface area contributed by atoms with Gasteiger partial charge in [0.15, 0.2) is 0 Å². The molecule has 0 aromatic heterocycles. The average Bonchev–Trinajstić information content (AvgIpc) is 2.61. The SMILES string of the molecule is COc1ccc(Cl)cc1S(=O)(=O)NC(C)c1ccc2c(c1)CCCC2. The number of halogens is 1. The Hall–Kier alpha value is -1.56. The summed E-state index contributed by atoms with van der Waals surface area (Å²) in [4.78, 5) is 0.0484. The third-order valence-corrected chi connectivity index (χ3v) is 6.42. The molecule has 0 bridgehead atoms. The summed E-state index contributed by atoms with van der Waals surface area (Å²) in [6.07, 6.45) is 4.58. The molecule has 0 saturated carbocycles. The van der Waals surface area contributed by atoms with Crippen molar-refractivity contribution in [1.29, 1.82) is 0 Å². The van der Waals surface area contributed by atoms with Crippen molar-refractivity contribution in [1.82, 2.24) is 4.72 Å². The molecule has 0 saturated heterocycles. The standard InChI is InChI=1S/C19H22ClNO3S/c1-13(15-8-7-14-5-3-4-6-16(14)11-15)21-25(22,23)19-12-17(20)9-10-18(19)24-2/h7-13,21H,3-6H2,1-2H3. The zero-order chi connectivity index (χ0) is 18.0. The average molecular weight is 380 g/mol. The van der Waals surface area contributed by atoms with E-state index in [1.807, 2.05) is 13.0 Å². The summed E-state index contributed by atoms with van der Waals surface area (Å²) in [7, 11) is -2.31. The van der Waals surface area contributed by atoms with Crippen LogP contribution in [-0.2, 0) is 22.9 Å². The molecule has 134 valence electrons. The van der Waals surface area contributed by atoms with Gasteiger partial charge in [-0.1, -0.05) is 29.8 Å². The molecule has 0 radical (unpaired) electrons. The van der Waals surface area contributed by atoms with E-state index in [4.69, 9.17) is 16.3 Å². The van der Waals surface area contributed by atoms with Crippen LogP contribution in [0, 0.1) is 0 Å². The lowest BCUT2D eigenvalue weighted by Crippen LogP contribution is -2.27. The smallest absolute Gasteiger partial charge is 0.244 e. The van der Waals surface area contributed by atoms with Crippen LogP contribution in [0.5, 0.6) is 5.75 Å². The largest absolute Gasteiger partial charge is 0.495 e. The summed E-state index contributed by atoms with van der Waals surface area (Å²) in [5, 5.41) is 0.350. The van der Waals surface area contributed by atoms with E-state index in [1.165, 1.54) is 37.1 Å². The van der Waals surface area contributed by atoms with Crippen LogP contribution < -0.4 is 9.46 Å². The summed E-state index contributed by atoms with van der Waals surface area (Å²) < 4.78 is 33.5. The van der Waals surface area contributed by atoms with Gasteiger partial charge in [-0.15, -0.1) is 0 Å². The van der Waals surface area contributed by atoms with Crippen LogP contribution in [0.25, 0.3) is 0 Å². The lowest BCUT2D eigenvalue weighted by molar-refractivity contribution is 0.402. The summed E-state index contributed by atoms with van der Waals surface area (Å²) in [6, 6.07) is 10.5. The molecule has 1 atom stereocenters. The Morgan fingerprint density at radius 3 is 2.52 bits per heavy atom. The fraction of sp³-hybridized carbons (Fsp3) is 0.368. The first-order chi connectivity index (χ1) is 11.9. The molecule has 2 aromatic carbocycles. The molecule has 0 aliphatic heterocycles. The Kier molecular flexibility index (Phi) is 5.37. The van der Waals surface area contributed by atoms with Crippen molar-refractivity contribution >= 4 is 21.6 Å². The number of aryl methyl sites for hydroxylation is 2. The van der Waals surface area contributed by atoms with Crippen molar-refractivity contribution in [3.8, 4) is 5.75 Å². The van der Waals surface area contributed by atoms with Gasteiger partial charge in [0, 0.05) is 11.1 Å². The molecule has 3 rings (SSSR count). The maximum Gasteiger partial charge on any atom is 0.244 e. The molecule has 1 unspecified atom stereocenters. The summed E-state index contributed by atoms with van der Waals surface area (Å²) in [5.41, 5.74) is 3.67. The Bertz CT molecular complexity index is 880. The van der Waals surface area contributed by atoms with Crippen LogP contribution in [0.15, 0.2) is 41.3 Å². The second kappa shape index (κ2) is 7.36. The number of fused-ring (bicyclic) bond motifs is 1. The van der Waals surface area contributed by atoms with E-state index in [0.717, 1.165) is 18.4 Å². The number of rotatable bonds is 5. The number of sulfonamides is 1. The van der Waals surface area contributed by atoms with Gasteiger partial charge in [0.25, 0.3) is 0 Å². The van der Waals surface area contributed by atoms with Crippen LogP contribution in [0.1, 0.15) is 42.5 Å². The van der Waals surface area contributed by atoms with Crippen LogP contribution >= 0.6 is 11.6 Å². The van der Waals surface area contributed by atoms with Gasteiger partial charge in [0.05, 0.1) is 7.11 Å².